The van der Waals surface area contributed by atoms with E-state index in [1.54, 1.807) is 25.3 Å². The van der Waals surface area contributed by atoms with Crippen LogP contribution in [0.15, 0.2) is 57.8 Å². The number of benzene rings is 2. The second-order valence-electron chi connectivity index (χ2n) is 9.31. The van der Waals surface area contributed by atoms with Gasteiger partial charge in [0.15, 0.2) is 5.84 Å². The molecule has 2 aromatic carbocycles. The first-order chi connectivity index (χ1) is 17.0. The van der Waals surface area contributed by atoms with Crippen LogP contribution in [0, 0.1) is 5.92 Å². The number of amidine groups is 1. The molecule has 0 saturated carbocycles. The molecule has 5 rings (SSSR count). The van der Waals surface area contributed by atoms with Crippen molar-refractivity contribution >= 4 is 21.8 Å². The molecule has 3 aliphatic rings. The number of ether oxygens (including phenoxy) is 2. The maximum absolute atomic E-state index is 13.7. The van der Waals surface area contributed by atoms with Crippen molar-refractivity contribution in [2.24, 2.45) is 10.3 Å². The third kappa shape index (κ3) is 4.92. The largest absolute Gasteiger partial charge is 0.496 e. The molecule has 35 heavy (non-hydrogen) atoms. The summed E-state index contributed by atoms with van der Waals surface area (Å²) < 4.78 is 40.3. The molecule has 1 atom stereocenters. The molecule has 186 valence electrons. The summed E-state index contributed by atoms with van der Waals surface area (Å²) in [7, 11) is -2.01. The lowest BCUT2D eigenvalue weighted by Crippen LogP contribution is -2.46. The van der Waals surface area contributed by atoms with Gasteiger partial charge in [-0.3, -0.25) is 4.79 Å². The van der Waals surface area contributed by atoms with Gasteiger partial charge in [0.05, 0.1) is 13.2 Å². The number of fused-ring (bicyclic) bond motifs is 1. The van der Waals surface area contributed by atoms with Crippen LogP contribution in [0.3, 0.4) is 0 Å². The highest BCUT2D eigenvalue weighted by Crippen LogP contribution is 2.31. The molecule has 0 radical (unpaired) electrons. The number of amides is 1. The molecular weight excluding hydrogens is 466 g/mol. The number of hydrogen-bond donors (Lipinski definition) is 0. The second-order valence-corrected chi connectivity index (χ2v) is 10.9. The Morgan fingerprint density at radius 2 is 1.86 bits per heavy atom. The fourth-order valence-electron chi connectivity index (χ4n) is 5.22. The van der Waals surface area contributed by atoms with Crippen molar-refractivity contribution in [1.29, 1.82) is 0 Å². The first-order valence-corrected chi connectivity index (χ1v) is 13.6. The van der Waals surface area contributed by atoms with Gasteiger partial charge in [0.25, 0.3) is 10.0 Å². The molecule has 2 saturated heterocycles. The topological polar surface area (TPSA) is 88.5 Å². The number of para-hydroxylation sites is 1. The first kappa shape index (κ1) is 23.8. The van der Waals surface area contributed by atoms with Gasteiger partial charge in [-0.2, -0.15) is 8.42 Å². The number of sulfonamides is 1. The van der Waals surface area contributed by atoms with Crippen LogP contribution in [0.4, 0.5) is 0 Å². The van der Waals surface area contributed by atoms with Crippen LogP contribution in [0.1, 0.15) is 36.8 Å². The first-order valence-electron chi connectivity index (χ1n) is 12.2. The number of carbonyl (C=O) groups is 1. The second kappa shape index (κ2) is 9.99. The van der Waals surface area contributed by atoms with E-state index >= 15 is 0 Å². The van der Waals surface area contributed by atoms with Crippen LogP contribution >= 0.6 is 0 Å². The highest BCUT2D eigenvalue weighted by Gasteiger charge is 2.36. The molecule has 0 N–H and O–H groups in total. The van der Waals surface area contributed by atoms with Gasteiger partial charge in [-0.1, -0.05) is 30.3 Å². The number of methoxy groups -OCH3 is 1. The molecule has 0 spiro atoms. The number of hydrogen-bond acceptors (Lipinski definition) is 6. The van der Waals surface area contributed by atoms with Crippen molar-refractivity contribution in [3.05, 3.63) is 59.7 Å². The van der Waals surface area contributed by atoms with E-state index in [1.807, 2.05) is 40.1 Å². The van der Waals surface area contributed by atoms with Gasteiger partial charge in [0.1, 0.15) is 10.6 Å². The minimum atomic E-state index is -3.66. The monoisotopic (exact) mass is 497 g/mol. The van der Waals surface area contributed by atoms with Crippen molar-refractivity contribution in [3.63, 3.8) is 0 Å². The fraction of sp³-hybridized carbons (Fsp3) is 0.462. The van der Waals surface area contributed by atoms with Crippen LogP contribution in [0.2, 0.25) is 0 Å². The quantitative estimate of drug-likeness (QED) is 0.610. The Morgan fingerprint density at radius 3 is 2.60 bits per heavy atom. The van der Waals surface area contributed by atoms with E-state index in [1.165, 1.54) is 0 Å². The molecule has 0 aromatic heterocycles. The van der Waals surface area contributed by atoms with E-state index in [0.29, 0.717) is 50.4 Å². The molecule has 3 aliphatic heterocycles. The smallest absolute Gasteiger partial charge is 0.285 e. The van der Waals surface area contributed by atoms with Gasteiger partial charge in [0, 0.05) is 49.8 Å². The summed E-state index contributed by atoms with van der Waals surface area (Å²) in [6, 6.07) is 14.7. The maximum Gasteiger partial charge on any atom is 0.285 e. The van der Waals surface area contributed by atoms with Gasteiger partial charge in [0.2, 0.25) is 5.91 Å². The van der Waals surface area contributed by atoms with E-state index in [4.69, 9.17) is 9.47 Å². The number of carbonyl (C=O) groups excluding carboxylic acids is 1. The normalized spacial score (nSPS) is 21.5. The predicted molar refractivity (Wildman–Crippen MR) is 132 cm³/mol. The minimum absolute atomic E-state index is 0.0586. The Hall–Kier alpha value is -2.91. The van der Waals surface area contributed by atoms with Crippen molar-refractivity contribution in [1.82, 2.24) is 9.80 Å². The van der Waals surface area contributed by atoms with Crippen LogP contribution < -0.4 is 4.74 Å². The highest BCUT2D eigenvalue weighted by molar-refractivity contribution is 7.90. The van der Waals surface area contributed by atoms with Crippen molar-refractivity contribution in [2.45, 2.75) is 43.2 Å². The average Bonchev–Trinajstić information content (AvgIpc) is 3.49. The molecule has 0 aliphatic carbocycles. The lowest BCUT2D eigenvalue weighted by molar-refractivity contribution is -0.139. The number of nitrogens with zero attached hydrogens (tertiary/aromatic N) is 3. The molecule has 2 fully saturated rings. The summed E-state index contributed by atoms with van der Waals surface area (Å²) in [5, 5.41) is 0. The number of likely N-dealkylation sites (tertiary alicyclic amines) is 1. The number of rotatable bonds is 6. The van der Waals surface area contributed by atoms with Crippen molar-refractivity contribution in [3.8, 4) is 5.75 Å². The molecular formula is C26H31N3O5S. The molecule has 8 nitrogen and oxygen atoms in total. The zero-order valence-electron chi connectivity index (χ0n) is 19.9. The average molecular weight is 498 g/mol. The predicted octanol–water partition coefficient (Wildman–Crippen LogP) is 3.06. The van der Waals surface area contributed by atoms with Crippen LogP contribution in [0.25, 0.3) is 0 Å². The number of piperidine rings is 1. The third-order valence-electron chi connectivity index (χ3n) is 7.07. The fourth-order valence-corrected chi connectivity index (χ4v) is 6.45. The van der Waals surface area contributed by atoms with Crippen LogP contribution in [-0.2, 0) is 26.1 Å². The minimum Gasteiger partial charge on any atom is -0.496 e. The Labute approximate surface area is 206 Å². The van der Waals surface area contributed by atoms with Gasteiger partial charge in [-0.25, -0.2) is 0 Å². The zero-order valence-corrected chi connectivity index (χ0v) is 20.7. The Balaban J connectivity index is 1.29. The summed E-state index contributed by atoms with van der Waals surface area (Å²) in [5.74, 6) is 1.26. The Kier molecular flexibility index (Phi) is 6.80. The van der Waals surface area contributed by atoms with Gasteiger partial charge in [-0.15, -0.1) is 4.40 Å². The van der Waals surface area contributed by atoms with E-state index in [0.717, 1.165) is 30.8 Å². The summed E-state index contributed by atoms with van der Waals surface area (Å²) in [4.78, 5) is 17.9. The van der Waals surface area contributed by atoms with E-state index in [-0.39, 0.29) is 22.8 Å². The van der Waals surface area contributed by atoms with Crippen LogP contribution in [-0.4, -0.2) is 69.4 Å². The molecule has 1 amide bonds. The Bertz CT molecular complexity index is 1210. The molecule has 0 bridgehead atoms. The molecule has 3 heterocycles. The maximum atomic E-state index is 13.7. The van der Waals surface area contributed by atoms with Crippen molar-refractivity contribution < 1.29 is 22.7 Å². The van der Waals surface area contributed by atoms with Crippen molar-refractivity contribution in [2.75, 3.05) is 33.4 Å². The van der Waals surface area contributed by atoms with E-state index < -0.39 is 10.0 Å². The zero-order chi connectivity index (χ0) is 24.4. The Morgan fingerprint density at radius 1 is 1.11 bits per heavy atom. The van der Waals surface area contributed by atoms with Gasteiger partial charge < -0.3 is 19.3 Å². The van der Waals surface area contributed by atoms with Crippen LogP contribution in [0.5, 0.6) is 5.75 Å². The standard InChI is InChI=1S/C26H31N3O5S/c1-33-23-10-4-2-7-20(23)17-29(18-21-8-6-16-34-21)26(30)19-12-14-28(15-13-19)25-22-9-3-5-11-24(22)35(31,32)27-25/h2-5,7,9-11,19,21H,6,8,12-18H2,1H3. The summed E-state index contributed by atoms with van der Waals surface area (Å²) in [6.45, 7) is 2.95. The summed E-state index contributed by atoms with van der Waals surface area (Å²) in [5.41, 5.74) is 1.62. The molecule has 9 heteroatoms. The molecule has 2 aromatic rings. The SMILES string of the molecule is COc1ccccc1CN(CC1CCCO1)C(=O)C1CCN(C2=NS(=O)(=O)c3ccccc32)CC1. The molecule has 1 unspecified atom stereocenters. The summed E-state index contributed by atoms with van der Waals surface area (Å²) >= 11 is 0. The lowest BCUT2D eigenvalue weighted by atomic mass is 9.94. The van der Waals surface area contributed by atoms with E-state index in [2.05, 4.69) is 4.40 Å². The van der Waals surface area contributed by atoms with Gasteiger partial charge in [-0.05, 0) is 43.9 Å². The van der Waals surface area contributed by atoms with E-state index in [9.17, 15) is 13.2 Å². The highest BCUT2D eigenvalue weighted by atomic mass is 32.2. The summed E-state index contributed by atoms with van der Waals surface area (Å²) in [6.07, 6.45) is 3.33. The van der Waals surface area contributed by atoms with Gasteiger partial charge >= 0.3 is 0 Å². The lowest BCUT2D eigenvalue weighted by Gasteiger charge is -2.36. The third-order valence-corrected chi connectivity index (χ3v) is 8.39.